The summed E-state index contributed by atoms with van der Waals surface area (Å²) in [5, 5.41) is 0. The number of hydrogen-bond donors (Lipinski definition) is 1. The molecule has 0 fully saturated rings. The van der Waals surface area contributed by atoms with Crippen LogP contribution in [0.5, 0.6) is 5.75 Å². The van der Waals surface area contributed by atoms with Gasteiger partial charge in [0, 0.05) is 19.2 Å². The van der Waals surface area contributed by atoms with Gasteiger partial charge in [-0.25, -0.2) is 0 Å². The fraction of sp³-hybridized carbons (Fsp3) is 0.625. The molecule has 1 rings (SSSR count). The molecule has 0 saturated heterocycles. The van der Waals surface area contributed by atoms with Crippen LogP contribution in [0, 0.1) is 0 Å². The van der Waals surface area contributed by atoms with Gasteiger partial charge in [-0.05, 0) is 38.1 Å². The summed E-state index contributed by atoms with van der Waals surface area (Å²) in [4.78, 5) is 2.38. The summed E-state index contributed by atoms with van der Waals surface area (Å²) in [7, 11) is 3.42. The highest BCUT2D eigenvalue weighted by molar-refractivity contribution is 5.31. The first-order valence-electron chi connectivity index (χ1n) is 7.19. The van der Waals surface area contributed by atoms with E-state index in [1.165, 1.54) is 5.56 Å². The Bertz CT molecular complexity index is 396. The number of ether oxygens (including phenoxy) is 2. The van der Waals surface area contributed by atoms with Gasteiger partial charge in [-0.15, -0.1) is 0 Å². The van der Waals surface area contributed by atoms with Gasteiger partial charge in [0.2, 0.25) is 0 Å². The van der Waals surface area contributed by atoms with Crippen LogP contribution in [0.15, 0.2) is 24.3 Å². The summed E-state index contributed by atoms with van der Waals surface area (Å²) in [6, 6.07) is 8.64. The summed E-state index contributed by atoms with van der Waals surface area (Å²) in [5.74, 6) is 0.864. The van der Waals surface area contributed by atoms with Crippen molar-refractivity contribution in [3.8, 4) is 5.75 Å². The van der Waals surface area contributed by atoms with Crippen molar-refractivity contribution >= 4 is 0 Å². The Morgan fingerprint density at radius 3 is 2.45 bits per heavy atom. The highest BCUT2D eigenvalue weighted by atomic mass is 16.5. The molecule has 114 valence electrons. The normalized spacial score (nSPS) is 15.9. The smallest absolute Gasteiger partial charge is 0.119 e. The molecule has 0 heterocycles. The summed E-state index contributed by atoms with van der Waals surface area (Å²) in [5.41, 5.74) is 7.43. The molecule has 0 bridgehead atoms. The van der Waals surface area contributed by atoms with Crippen LogP contribution in [0.4, 0.5) is 0 Å². The van der Waals surface area contributed by atoms with Crippen molar-refractivity contribution in [1.82, 2.24) is 4.90 Å². The Morgan fingerprint density at radius 2 is 1.95 bits per heavy atom. The highest BCUT2D eigenvalue weighted by Crippen LogP contribution is 2.28. The van der Waals surface area contributed by atoms with E-state index in [4.69, 9.17) is 15.2 Å². The number of nitrogens with two attached hydrogens (primary N) is 1. The molecule has 0 aliphatic carbocycles. The third-order valence-electron chi connectivity index (χ3n) is 3.63. The van der Waals surface area contributed by atoms with Crippen LogP contribution in [0.1, 0.15) is 32.4 Å². The van der Waals surface area contributed by atoms with E-state index in [1.54, 1.807) is 14.2 Å². The minimum Gasteiger partial charge on any atom is -0.497 e. The molecule has 20 heavy (non-hydrogen) atoms. The number of rotatable bonds is 8. The quantitative estimate of drug-likeness (QED) is 0.794. The fourth-order valence-corrected chi connectivity index (χ4v) is 2.74. The molecule has 3 atom stereocenters. The Kier molecular flexibility index (Phi) is 6.99. The molecule has 1 aromatic rings. The molecule has 3 unspecified atom stereocenters. The van der Waals surface area contributed by atoms with Crippen LogP contribution < -0.4 is 10.5 Å². The zero-order valence-electron chi connectivity index (χ0n) is 13.3. The van der Waals surface area contributed by atoms with Gasteiger partial charge in [0.15, 0.2) is 0 Å². The summed E-state index contributed by atoms with van der Waals surface area (Å²) in [6.45, 7) is 7.99. The van der Waals surface area contributed by atoms with Gasteiger partial charge in [-0.2, -0.15) is 0 Å². The van der Waals surface area contributed by atoms with Gasteiger partial charge in [0.1, 0.15) is 5.75 Å². The summed E-state index contributed by atoms with van der Waals surface area (Å²) >= 11 is 0. The second-order valence-electron chi connectivity index (χ2n) is 5.22. The highest BCUT2D eigenvalue weighted by Gasteiger charge is 2.27. The standard InChI is InChI=1S/C16H28N2O2/c1-6-18(12(2)11-19-4)16(13(3)17)14-8-7-9-15(10-14)20-5/h7-10,12-13,16H,6,11,17H2,1-5H3. The van der Waals surface area contributed by atoms with E-state index in [0.717, 1.165) is 12.3 Å². The molecule has 0 aromatic heterocycles. The first kappa shape index (κ1) is 17.0. The van der Waals surface area contributed by atoms with E-state index in [2.05, 4.69) is 30.9 Å². The lowest BCUT2D eigenvalue weighted by molar-refractivity contribution is 0.0654. The van der Waals surface area contributed by atoms with Gasteiger partial charge < -0.3 is 15.2 Å². The lowest BCUT2D eigenvalue weighted by Gasteiger charge is -2.38. The van der Waals surface area contributed by atoms with E-state index in [0.29, 0.717) is 12.6 Å². The Hall–Kier alpha value is -1.10. The predicted molar refractivity (Wildman–Crippen MR) is 83.1 cm³/mol. The third kappa shape index (κ3) is 4.20. The maximum absolute atomic E-state index is 6.25. The average molecular weight is 280 g/mol. The lowest BCUT2D eigenvalue weighted by atomic mass is 9.97. The SMILES string of the molecule is CCN(C(C)COC)C(c1cccc(OC)c1)C(C)N. The zero-order chi connectivity index (χ0) is 15.1. The van der Waals surface area contributed by atoms with Crippen molar-refractivity contribution in [3.05, 3.63) is 29.8 Å². The van der Waals surface area contributed by atoms with E-state index in [-0.39, 0.29) is 12.1 Å². The fourth-order valence-electron chi connectivity index (χ4n) is 2.74. The minimum atomic E-state index is 0.0290. The van der Waals surface area contributed by atoms with Crippen molar-refractivity contribution in [3.63, 3.8) is 0 Å². The van der Waals surface area contributed by atoms with Crippen molar-refractivity contribution in [1.29, 1.82) is 0 Å². The minimum absolute atomic E-state index is 0.0290. The molecule has 4 heteroatoms. The van der Waals surface area contributed by atoms with Crippen LogP contribution in [0.25, 0.3) is 0 Å². The van der Waals surface area contributed by atoms with Gasteiger partial charge in [-0.1, -0.05) is 19.1 Å². The molecule has 0 amide bonds. The Labute approximate surface area is 122 Å². The van der Waals surface area contributed by atoms with Crippen LogP contribution in [-0.2, 0) is 4.74 Å². The van der Waals surface area contributed by atoms with Crippen LogP contribution in [0.2, 0.25) is 0 Å². The molecule has 0 saturated carbocycles. The monoisotopic (exact) mass is 280 g/mol. The number of nitrogens with zero attached hydrogens (tertiary/aromatic N) is 1. The molecule has 0 aliphatic rings. The Balaban J connectivity index is 3.07. The van der Waals surface area contributed by atoms with Crippen molar-refractivity contribution in [2.24, 2.45) is 5.73 Å². The molecule has 4 nitrogen and oxygen atoms in total. The van der Waals surface area contributed by atoms with E-state index >= 15 is 0 Å². The lowest BCUT2D eigenvalue weighted by Crippen LogP contribution is -2.45. The summed E-state index contributed by atoms with van der Waals surface area (Å²) < 4.78 is 10.6. The molecule has 0 aliphatic heterocycles. The van der Waals surface area contributed by atoms with Gasteiger partial charge in [0.05, 0.1) is 19.8 Å². The van der Waals surface area contributed by atoms with Gasteiger partial charge >= 0.3 is 0 Å². The molecule has 2 N–H and O–H groups in total. The number of methoxy groups -OCH3 is 2. The van der Waals surface area contributed by atoms with Crippen LogP contribution >= 0.6 is 0 Å². The molecule has 0 radical (unpaired) electrons. The number of likely N-dealkylation sites (N-methyl/N-ethyl adjacent to an activating group) is 1. The third-order valence-corrected chi connectivity index (χ3v) is 3.63. The molecular weight excluding hydrogens is 252 g/mol. The zero-order valence-corrected chi connectivity index (χ0v) is 13.3. The first-order valence-corrected chi connectivity index (χ1v) is 7.19. The van der Waals surface area contributed by atoms with Crippen molar-refractivity contribution in [2.45, 2.75) is 38.9 Å². The predicted octanol–water partition coefficient (Wildman–Crippen LogP) is 2.44. The van der Waals surface area contributed by atoms with E-state index in [9.17, 15) is 0 Å². The van der Waals surface area contributed by atoms with Crippen molar-refractivity contribution < 1.29 is 9.47 Å². The number of hydrogen-bond acceptors (Lipinski definition) is 4. The van der Waals surface area contributed by atoms with Crippen LogP contribution in [0.3, 0.4) is 0 Å². The van der Waals surface area contributed by atoms with Crippen LogP contribution in [-0.4, -0.2) is 44.4 Å². The molecule has 1 aromatic carbocycles. The van der Waals surface area contributed by atoms with E-state index in [1.807, 2.05) is 19.1 Å². The molecular formula is C16H28N2O2. The maximum atomic E-state index is 6.25. The second-order valence-corrected chi connectivity index (χ2v) is 5.22. The average Bonchev–Trinajstić information content (AvgIpc) is 2.44. The Morgan fingerprint density at radius 1 is 1.25 bits per heavy atom. The second kappa shape index (κ2) is 8.25. The van der Waals surface area contributed by atoms with E-state index < -0.39 is 0 Å². The summed E-state index contributed by atoms with van der Waals surface area (Å²) in [6.07, 6.45) is 0. The topological polar surface area (TPSA) is 47.7 Å². The first-order chi connectivity index (χ1) is 9.54. The number of benzene rings is 1. The van der Waals surface area contributed by atoms with Crippen molar-refractivity contribution in [2.75, 3.05) is 27.4 Å². The van der Waals surface area contributed by atoms with Gasteiger partial charge in [0.25, 0.3) is 0 Å². The van der Waals surface area contributed by atoms with Gasteiger partial charge in [-0.3, -0.25) is 4.90 Å². The molecule has 0 spiro atoms. The maximum Gasteiger partial charge on any atom is 0.119 e. The largest absolute Gasteiger partial charge is 0.497 e.